The van der Waals surface area contributed by atoms with Crippen LogP contribution in [0.5, 0.6) is 0 Å². The number of benzene rings is 1. The number of aromatic nitrogens is 2. The van der Waals surface area contributed by atoms with Crippen LogP contribution in [-0.2, 0) is 11.2 Å². The number of para-hydroxylation sites is 1. The Morgan fingerprint density at radius 3 is 2.86 bits per heavy atom. The van der Waals surface area contributed by atoms with E-state index in [0.717, 1.165) is 24.1 Å². The number of pyridine rings is 1. The summed E-state index contributed by atoms with van der Waals surface area (Å²) in [6.45, 7) is 1.42. The summed E-state index contributed by atoms with van der Waals surface area (Å²) in [4.78, 5) is 32.1. The van der Waals surface area contributed by atoms with Crippen molar-refractivity contribution in [2.45, 2.75) is 12.8 Å². The second-order valence-electron chi connectivity index (χ2n) is 6.68. The predicted octanol–water partition coefficient (Wildman–Crippen LogP) is 2.30. The van der Waals surface area contributed by atoms with E-state index in [1.807, 2.05) is 36.4 Å². The molecule has 7 heteroatoms. The van der Waals surface area contributed by atoms with Crippen molar-refractivity contribution in [2.75, 3.05) is 31.7 Å². The lowest BCUT2D eigenvalue weighted by Crippen LogP contribution is -2.36. The van der Waals surface area contributed by atoms with E-state index < -0.39 is 0 Å². The van der Waals surface area contributed by atoms with Crippen molar-refractivity contribution in [3.8, 4) is 0 Å². The Morgan fingerprint density at radius 1 is 1.18 bits per heavy atom. The monoisotopic (exact) mass is 378 g/mol. The van der Waals surface area contributed by atoms with E-state index in [2.05, 4.69) is 16.4 Å². The van der Waals surface area contributed by atoms with Crippen molar-refractivity contribution < 1.29 is 14.3 Å². The zero-order valence-electron chi connectivity index (χ0n) is 15.7. The van der Waals surface area contributed by atoms with Gasteiger partial charge in [0.25, 0.3) is 11.8 Å². The molecule has 0 radical (unpaired) electrons. The van der Waals surface area contributed by atoms with Crippen LogP contribution in [-0.4, -0.2) is 48.0 Å². The van der Waals surface area contributed by atoms with Crippen molar-refractivity contribution in [1.29, 1.82) is 0 Å². The van der Waals surface area contributed by atoms with Crippen LogP contribution in [0.4, 0.5) is 5.69 Å². The van der Waals surface area contributed by atoms with E-state index in [9.17, 15) is 9.59 Å². The minimum absolute atomic E-state index is 0.188. The minimum Gasteiger partial charge on any atom is -0.383 e. The van der Waals surface area contributed by atoms with Gasteiger partial charge in [-0.25, -0.2) is 4.98 Å². The van der Waals surface area contributed by atoms with E-state index >= 15 is 0 Å². The molecular weight excluding hydrogens is 356 g/mol. The Balaban J connectivity index is 1.72. The molecule has 0 atom stereocenters. The molecule has 4 rings (SSSR count). The maximum absolute atomic E-state index is 13.4. The number of carbonyl (C=O) groups is 2. The average molecular weight is 378 g/mol. The average Bonchev–Trinajstić information content (AvgIpc) is 3.13. The van der Waals surface area contributed by atoms with Crippen molar-refractivity contribution in [1.82, 2.24) is 14.7 Å². The van der Waals surface area contributed by atoms with E-state index in [1.165, 1.54) is 0 Å². The number of hydrogen-bond acceptors (Lipinski definition) is 4. The van der Waals surface area contributed by atoms with Gasteiger partial charge in [0, 0.05) is 32.1 Å². The second-order valence-corrected chi connectivity index (χ2v) is 6.68. The molecule has 0 fully saturated rings. The molecule has 3 heterocycles. The zero-order chi connectivity index (χ0) is 19.5. The molecule has 0 unspecified atom stereocenters. The molecular formula is C21H22N4O3. The number of nitrogens with zero attached hydrogens (tertiary/aromatic N) is 3. The van der Waals surface area contributed by atoms with Gasteiger partial charge in [-0.15, -0.1) is 0 Å². The van der Waals surface area contributed by atoms with Crippen LogP contribution in [0.1, 0.15) is 33.1 Å². The topological polar surface area (TPSA) is 75.9 Å². The third-order valence-corrected chi connectivity index (χ3v) is 4.90. The highest BCUT2D eigenvalue weighted by Crippen LogP contribution is 2.29. The van der Waals surface area contributed by atoms with Gasteiger partial charge in [0.2, 0.25) is 5.82 Å². The van der Waals surface area contributed by atoms with Crippen molar-refractivity contribution in [3.05, 3.63) is 65.7 Å². The van der Waals surface area contributed by atoms with Crippen LogP contribution >= 0.6 is 0 Å². The summed E-state index contributed by atoms with van der Waals surface area (Å²) in [7, 11) is 1.57. The highest BCUT2D eigenvalue weighted by molar-refractivity contribution is 6.10. The lowest BCUT2D eigenvalue weighted by atomic mass is 10.0. The van der Waals surface area contributed by atoms with Gasteiger partial charge >= 0.3 is 0 Å². The summed E-state index contributed by atoms with van der Waals surface area (Å²) in [5, 5.41) is 2.77. The summed E-state index contributed by atoms with van der Waals surface area (Å²) in [5.41, 5.74) is 2.98. The van der Waals surface area contributed by atoms with Gasteiger partial charge in [-0.05, 0) is 36.6 Å². The van der Waals surface area contributed by atoms with E-state index in [4.69, 9.17) is 4.74 Å². The number of imidazole rings is 1. The third-order valence-electron chi connectivity index (χ3n) is 4.90. The molecule has 0 bridgehead atoms. The third kappa shape index (κ3) is 3.25. The largest absolute Gasteiger partial charge is 0.383 e. The van der Waals surface area contributed by atoms with Crippen molar-refractivity contribution >= 4 is 23.0 Å². The van der Waals surface area contributed by atoms with Crippen LogP contribution in [0.25, 0.3) is 5.52 Å². The fraction of sp³-hybridized carbons (Fsp3) is 0.286. The Labute approximate surface area is 162 Å². The van der Waals surface area contributed by atoms with Gasteiger partial charge in [0.05, 0.1) is 12.1 Å². The summed E-state index contributed by atoms with van der Waals surface area (Å²) in [5.74, 6) is -0.330. The number of anilines is 1. The van der Waals surface area contributed by atoms with Gasteiger partial charge in [0.15, 0.2) is 5.69 Å². The zero-order valence-corrected chi connectivity index (χ0v) is 15.7. The SMILES string of the molecule is COCCNC(=O)c1nc(C(=O)N2CCCc3ccccc32)c2ccccn12. The van der Waals surface area contributed by atoms with Crippen molar-refractivity contribution in [2.24, 2.45) is 0 Å². The Hall–Kier alpha value is -3.19. The summed E-state index contributed by atoms with van der Waals surface area (Å²) < 4.78 is 6.63. The number of amides is 2. The van der Waals surface area contributed by atoms with E-state index in [0.29, 0.717) is 25.2 Å². The van der Waals surface area contributed by atoms with Gasteiger partial charge in [-0.1, -0.05) is 24.3 Å². The summed E-state index contributed by atoms with van der Waals surface area (Å²) >= 11 is 0. The number of nitrogens with one attached hydrogen (secondary N) is 1. The fourth-order valence-corrected chi connectivity index (χ4v) is 3.57. The lowest BCUT2D eigenvalue weighted by molar-refractivity contribution is 0.0926. The number of hydrogen-bond donors (Lipinski definition) is 1. The molecule has 1 aliphatic heterocycles. The summed E-state index contributed by atoms with van der Waals surface area (Å²) in [6, 6.07) is 13.4. The van der Waals surface area contributed by atoms with E-state index in [1.54, 1.807) is 22.6 Å². The normalized spacial score (nSPS) is 13.4. The van der Waals surface area contributed by atoms with Crippen molar-refractivity contribution in [3.63, 3.8) is 0 Å². The molecule has 0 aliphatic carbocycles. The second kappa shape index (κ2) is 7.82. The first-order chi connectivity index (χ1) is 13.7. The number of fused-ring (bicyclic) bond motifs is 2. The molecule has 2 aromatic heterocycles. The highest BCUT2D eigenvalue weighted by atomic mass is 16.5. The van der Waals surface area contributed by atoms with Gasteiger partial charge < -0.3 is 15.0 Å². The number of methoxy groups -OCH3 is 1. The Bertz CT molecular complexity index is 1030. The fourth-order valence-electron chi connectivity index (χ4n) is 3.57. The first-order valence-electron chi connectivity index (χ1n) is 9.34. The number of ether oxygens (including phenoxy) is 1. The molecule has 1 aromatic carbocycles. The number of aryl methyl sites for hydroxylation is 1. The summed E-state index contributed by atoms with van der Waals surface area (Å²) in [6.07, 6.45) is 3.60. The maximum Gasteiger partial charge on any atom is 0.287 e. The highest BCUT2D eigenvalue weighted by Gasteiger charge is 2.28. The standard InChI is InChI=1S/C21H22N4O3/c1-28-14-11-22-20(26)19-23-18(17-10-4-5-12-24(17)19)21(27)25-13-6-8-15-7-2-3-9-16(15)25/h2-5,7,9-10,12H,6,8,11,13-14H2,1H3,(H,22,26). The maximum atomic E-state index is 13.4. The lowest BCUT2D eigenvalue weighted by Gasteiger charge is -2.28. The van der Waals surface area contributed by atoms with Gasteiger partial charge in [-0.3, -0.25) is 14.0 Å². The predicted molar refractivity (Wildman–Crippen MR) is 106 cm³/mol. The molecule has 1 aliphatic rings. The molecule has 0 saturated heterocycles. The molecule has 7 nitrogen and oxygen atoms in total. The number of carbonyl (C=O) groups excluding carboxylic acids is 2. The molecule has 0 saturated carbocycles. The number of rotatable bonds is 5. The Morgan fingerprint density at radius 2 is 2.00 bits per heavy atom. The quantitative estimate of drug-likeness (QED) is 0.692. The Kier molecular flexibility index (Phi) is 5.08. The first-order valence-corrected chi connectivity index (χ1v) is 9.34. The minimum atomic E-state index is -0.337. The van der Waals surface area contributed by atoms with Crippen LogP contribution < -0.4 is 10.2 Å². The molecule has 2 amide bonds. The smallest absolute Gasteiger partial charge is 0.287 e. The van der Waals surface area contributed by atoms with Crippen LogP contribution in [0, 0.1) is 0 Å². The first kappa shape index (κ1) is 18.2. The van der Waals surface area contributed by atoms with Crippen LogP contribution in [0.2, 0.25) is 0 Å². The molecule has 1 N–H and O–H groups in total. The van der Waals surface area contributed by atoms with Crippen LogP contribution in [0.15, 0.2) is 48.7 Å². The molecule has 28 heavy (non-hydrogen) atoms. The molecule has 3 aromatic rings. The van der Waals surface area contributed by atoms with Gasteiger partial charge in [0.1, 0.15) is 0 Å². The molecule has 0 spiro atoms. The van der Waals surface area contributed by atoms with Gasteiger partial charge in [-0.2, -0.15) is 0 Å². The molecule has 144 valence electrons. The van der Waals surface area contributed by atoms with E-state index in [-0.39, 0.29) is 23.3 Å². The van der Waals surface area contributed by atoms with Crippen LogP contribution in [0.3, 0.4) is 0 Å².